The van der Waals surface area contributed by atoms with Gasteiger partial charge in [-0.1, -0.05) is 11.8 Å². The van der Waals surface area contributed by atoms with Crippen LogP contribution in [-0.2, 0) is 0 Å². The highest BCUT2D eigenvalue weighted by atomic mass is 32.2. The number of pyridine rings is 1. The number of rotatable bonds is 9. The number of alkyl halides is 4. The predicted molar refractivity (Wildman–Crippen MR) is 156 cm³/mol. The fourth-order valence-corrected chi connectivity index (χ4v) is 5.28. The number of amides is 1. The number of benzene rings is 1. The van der Waals surface area contributed by atoms with Crippen molar-refractivity contribution < 1.29 is 33.6 Å². The summed E-state index contributed by atoms with van der Waals surface area (Å²) in [6.45, 7) is 2.01. The molecule has 2 aromatic heterocycles. The minimum Gasteiger partial charge on any atom is -0.495 e. The Hall–Kier alpha value is -3.60. The number of carbonyl (C=O) groups is 1. The summed E-state index contributed by atoms with van der Waals surface area (Å²) in [5, 5.41) is 18.1. The van der Waals surface area contributed by atoms with Gasteiger partial charge in [0.15, 0.2) is 0 Å². The van der Waals surface area contributed by atoms with Gasteiger partial charge in [-0.15, -0.1) is 0 Å². The Balaban J connectivity index is 1.54. The molecule has 1 aliphatic heterocycles. The summed E-state index contributed by atoms with van der Waals surface area (Å²) in [4.78, 5) is 14.2. The normalized spacial score (nSPS) is 19.3. The number of likely N-dealkylation sites (tertiary alicyclic amines) is 1. The molecule has 0 spiro atoms. The summed E-state index contributed by atoms with van der Waals surface area (Å²) in [6.07, 6.45) is -0.854. The van der Waals surface area contributed by atoms with Crippen molar-refractivity contribution >= 4 is 34.6 Å². The SMILES string of the molecule is [2H][C@](C)(O)CNC(=O)c1ccc(NCC#Cc2cc3c(N[C@@H]4CCN(C)C[C@@H]4F)cccn3c2SC(F)(F)F)c(OC)c1. The van der Waals surface area contributed by atoms with Crippen LogP contribution in [0.5, 0.6) is 5.75 Å². The van der Waals surface area contributed by atoms with Gasteiger partial charge in [0.1, 0.15) is 16.9 Å². The number of carbonyl (C=O) groups excluding carboxylic acids is 1. The number of halogens is 4. The van der Waals surface area contributed by atoms with Gasteiger partial charge in [-0.25, -0.2) is 4.39 Å². The maximum atomic E-state index is 14.7. The van der Waals surface area contributed by atoms with E-state index in [4.69, 9.17) is 6.11 Å². The van der Waals surface area contributed by atoms with Crippen molar-refractivity contribution in [1.29, 1.82) is 0 Å². The van der Waals surface area contributed by atoms with E-state index in [1.54, 1.807) is 24.3 Å². The van der Waals surface area contributed by atoms with Gasteiger partial charge in [0.05, 0.1) is 49.6 Å². The number of nitrogens with zero attached hydrogens (tertiary/aromatic N) is 2. The van der Waals surface area contributed by atoms with Gasteiger partial charge in [-0.3, -0.25) is 4.79 Å². The molecule has 42 heavy (non-hydrogen) atoms. The number of aliphatic hydroxyl groups is 1. The van der Waals surface area contributed by atoms with Crippen LogP contribution in [-0.4, -0.2) is 84.5 Å². The number of hydrogen-bond acceptors (Lipinski definition) is 7. The third-order valence-corrected chi connectivity index (χ3v) is 7.46. The van der Waals surface area contributed by atoms with Crippen LogP contribution >= 0.6 is 11.8 Å². The Morgan fingerprint density at radius 3 is 2.79 bits per heavy atom. The number of piperidine rings is 1. The number of ether oxygens (including phenoxy) is 1. The molecule has 1 amide bonds. The van der Waals surface area contributed by atoms with Crippen molar-refractivity contribution in [3.8, 4) is 17.6 Å². The second-order valence-electron chi connectivity index (χ2n) is 9.89. The van der Waals surface area contributed by atoms with Crippen molar-refractivity contribution in [1.82, 2.24) is 14.6 Å². The van der Waals surface area contributed by atoms with Crippen LogP contribution in [0.3, 0.4) is 0 Å². The van der Waals surface area contributed by atoms with E-state index in [9.17, 15) is 27.5 Å². The van der Waals surface area contributed by atoms with Crippen LogP contribution in [0.2, 0.25) is 0 Å². The molecule has 3 heterocycles. The van der Waals surface area contributed by atoms with Crippen LogP contribution in [0.15, 0.2) is 47.6 Å². The van der Waals surface area contributed by atoms with Crippen molar-refractivity contribution in [2.45, 2.75) is 42.2 Å². The Labute approximate surface area is 247 Å². The Bertz CT molecular complexity index is 1520. The van der Waals surface area contributed by atoms with E-state index < -0.39 is 29.7 Å². The summed E-state index contributed by atoms with van der Waals surface area (Å²) < 4.78 is 69.5. The number of nitrogens with one attached hydrogen (secondary N) is 3. The standard InChI is InChI=1S/C29H33F4N5O3S/c1-18(39)16-35-27(40)19-8-9-24(26(15-19)41-3)34-11-4-6-20-14-25-23(36-22-10-13-37(2)17-21(22)30)7-5-12-38(25)28(20)42-29(31,32)33/h5,7-9,12,14-15,18,21-22,34,36,39H,10-11,13,16-17H2,1-3H3,(H,35,40)/t18-,21+,22-/m1/s1/i18D. The molecule has 1 aliphatic rings. The predicted octanol–water partition coefficient (Wildman–Crippen LogP) is 4.59. The molecule has 0 saturated carbocycles. The minimum atomic E-state index is -4.55. The molecule has 0 aliphatic carbocycles. The fourth-order valence-electron chi connectivity index (χ4n) is 4.59. The zero-order chi connectivity index (χ0) is 31.4. The lowest BCUT2D eigenvalue weighted by molar-refractivity contribution is -0.0329. The first-order chi connectivity index (χ1) is 20.2. The van der Waals surface area contributed by atoms with Gasteiger partial charge in [0, 0.05) is 43.2 Å². The molecule has 1 saturated heterocycles. The van der Waals surface area contributed by atoms with Gasteiger partial charge < -0.3 is 35.1 Å². The van der Waals surface area contributed by atoms with Crippen LogP contribution in [0.25, 0.3) is 5.52 Å². The summed E-state index contributed by atoms with van der Waals surface area (Å²) in [5.41, 5.74) is -2.66. The van der Waals surface area contributed by atoms with Crippen molar-refractivity contribution in [3.63, 3.8) is 0 Å². The van der Waals surface area contributed by atoms with E-state index in [2.05, 4.69) is 27.8 Å². The van der Waals surface area contributed by atoms with Gasteiger partial charge in [0.2, 0.25) is 0 Å². The number of hydrogen-bond donors (Lipinski definition) is 4. The van der Waals surface area contributed by atoms with Crippen molar-refractivity contribution in [2.24, 2.45) is 0 Å². The average molecular weight is 609 g/mol. The number of anilines is 2. The van der Waals surface area contributed by atoms with E-state index >= 15 is 0 Å². The van der Waals surface area contributed by atoms with E-state index in [0.717, 1.165) is 0 Å². The van der Waals surface area contributed by atoms with Crippen molar-refractivity contribution in [2.75, 3.05) is 51.0 Å². The Kier molecular flexibility index (Phi) is 9.66. The van der Waals surface area contributed by atoms with E-state index in [1.807, 2.05) is 11.9 Å². The highest BCUT2D eigenvalue weighted by Gasteiger charge is 2.33. The molecule has 4 rings (SSSR count). The molecule has 8 nitrogen and oxygen atoms in total. The molecule has 0 bridgehead atoms. The molecule has 4 N–H and O–H groups in total. The van der Waals surface area contributed by atoms with E-state index in [0.29, 0.717) is 35.6 Å². The summed E-state index contributed by atoms with van der Waals surface area (Å²) in [6, 6.07) is 9.01. The van der Waals surface area contributed by atoms with Gasteiger partial charge >= 0.3 is 5.51 Å². The van der Waals surface area contributed by atoms with Crippen LogP contribution < -0.4 is 20.7 Å². The molecule has 1 aromatic carbocycles. The first-order valence-electron chi connectivity index (χ1n) is 13.6. The van der Waals surface area contributed by atoms with Gasteiger partial charge in [-0.05, 0) is 56.8 Å². The largest absolute Gasteiger partial charge is 0.495 e. The second kappa shape index (κ2) is 13.6. The lowest BCUT2D eigenvalue weighted by Gasteiger charge is -2.33. The fraction of sp³-hybridized carbons (Fsp3) is 0.414. The maximum absolute atomic E-state index is 14.7. The highest BCUT2D eigenvalue weighted by molar-refractivity contribution is 8.00. The van der Waals surface area contributed by atoms with E-state index in [-0.39, 0.29) is 47.5 Å². The number of fused-ring (bicyclic) bond motifs is 1. The summed E-state index contributed by atoms with van der Waals surface area (Å²) >= 11 is -0.264. The lowest BCUT2D eigenvalue weighted by atomic mass is 10.0. The number of thioether (sulfide) groups is 1. The third kappa shape index (κ3) is 8.02. The Morgan fingerprint density at radius 2 is 2.10 bits per heavy atom. The third-order valence-electron chi connectivity index (χ3n) is 6.62. The van der Waals surface area contributed by atoms with Gasteiger partial charge in [-0.2, -0.15) is 13.2 Å². The van der Waals surface area contributed by atoms with E-state index in [1.165, 1.54) is 36.8 Å². The average Bonchev–Trinajstić information content (AvgIpc) is 3.27. The van der Waals surface area contributed by atoms with Crippen LogP contribution in [0.1, 0.15) is 30.6 Å². The molecular formula is C29H33F4N5O3S. The lowest BCUT2D eigenvalue weighted by Crippen LogP contribution is -2.46. The topological polar surface area (TPSA) is 90.3 Å². The molecular weight excluding hydrogens is 574 g/mol. The smallest absolute Gasteiger partial charge is 0.447 e. The number of aromatic nitrogens is 1. The quantitative estimate of drug-likeness (QED) is 0.161. The number of methoxy groups -OCH3 is 1. The molecule has 0 radical (unpaired) electrons. The first kappa shape index (κ1) is 29.9. The zero-order valence-electron chi connectivity index (χ0n) is 24.3. The molecule has 1 fully saturated rings. The molecule has 226 valence electrons. The zero-order valence-corrected chi connectivity index (χ0v) is 24.1. The first-order valence-corrected chi connectivity index (χ1v) is 14.0. The maximum Gasteiger partial charge on any atom is 0.447 e. The summed E-state index contributed by atoms with van der Waals surface area (Å²) in [5.74, 6) is 5.51. The summed E-state index contributed by atoms with van der Waals surface area (Å²) in [7, 11) is 3.26. The second-order valence-corrected chi connectivity index (χ2v) is 10.9. The Morgan fingerprint density at radius 1 is 1.31 bits per heavy atom. The van der Waals surface area contributed by atoms with Crippen LogP contribution in [0.4, 0.5) is 28.9 Å². The highest BCUT2D eigenvalue weighted by Crippen LogP contribution is 2.41. The van der Waals surface area contributed by atoms with Gasteiger partial charge in [0.25, 0.3) is 5.91 Å². The minimum absolute atomic E-state index is 0.0517. The molecule has 0 unspecified atom stereocenters. The van der Waals surface area contributed by atoms with Crippen molar-refractivity contribution in [3.05, 3.63) is 53.7 Å². The van der Waals surface area contributed by atoms with Crippen LogP contribution in [0, 0.1) is 11.8 Å². The molecule has 3 atom stereocenters. The molecule has 13 heteroatoms. The molecule has 3 aromatic rings. The monoisotopic (exact) mass is 608 g/mol.